The highest BCUT2D eigenvalue weighted by molar-refractivity contribution is 7.92. The fraction of sp³-hybridized carbons (Fsp3) is 0.316. The Bertz CT molecular complexity index is 887. The number of rotatable bonds is 5. The average Bonchev–Trinajstić information content (AvgIpc) is 3.07. The summed E-state index contributed by atoms with van der Waals surface area (Å²) < 4.78 is 24.9. The van der Waals surface area contributed by atoms with Crippen molar-refractivity contribution in [3.8, 4) is 0 Å². The quantitative estimate of drug-likeness (QED) is 0.802. The Hall–Kier alpha value is -2.05. The Morgan fingerprint density at radius 1 is 0.962 bits per heavy atom. The molecule has 1 fully saturated rings. The largest absolute Gasteiger partial charge is 0.325 e. The molecular formula is C19H21ClN2O3S. The van der Waals surface area contributed by atoms with Gasteiger partial charge in [0, 0.05) is 16.4 Å². The number of hydrogen-bond donors (Lipinski definition) is 2. The van der Waals surface area contributed by atoms with E-state index in [1.807, 2.05) is 24.3 Å². The summed E-state index contributed by atoms with van der Waals surface area (Å²) in [6, 6.07) is 14.1. The van der Waals surface area contributed by atoms with Gasteiger partial charge in [-0.15, -0.1) is 0 Å². The van der Waals surface area contributed by atoms with Crippen molar-refractivity contribution in [1.82, 2.24) is 0 Å². The van der Waals surface area contributed by atoms with Crippen LogP contribution in [0.15, 0.2) is 48.5 Å². The molecule has 1 saturated carbocycles. The Morgan fingerprint density at radius 2 is 1.50 bits per heavy atom. The van der Waals surface area contributed by atoms with Crippen LogP contribution in [0.25, 0.3) is 0 Å². The Labute approximate surface area is 158 Å². The predicted molar refractivity (Wildman–Crippen MR) is 105 cm³/mol. The van der Waals surface area contributed by atoms with Crippen molar-refractivity contribution < 1.29 is 13.2 Å². The summed E-state index contributed by atoms with van der Waals surface area (Å²) >= 11 is 5.98. The molecular weight excluding hydrogens is 372 g/mol. The number of sulfonamides is 1. The van der Waals surface area contributed by atoms with Gasteiger partial charge in [-0.3, -0.25) is 9.52 Å². The molecule has 2 aromatic carbocycles. The van der Waals surface area contributed by atoms with E-state index in [9.17, 15) is 13.2 Å². The summed E-state index contributed by atoms with van der Waals surface area (Å²) in [6.45, 7) is 0. The number of anilines is 2. The van der Waals surface area contributed by atoms with Crippen LogP contribution in [0.3, 0.4) is 0 Å². The van der Waals surface area contributed by atoms with Crippen LogP contribution < -0.4 is 10.0 Å². The summed E-state index contributed by atoms with van der Waals surface area (Å²) in [7, 11) is -3.32. The Morgan fingerprint density at radius 3 is 2.04 bits per heavy atom. The van der Waals surface area contributed by atoms with Crippen molar-refractivity contribution in [2.75, 3.05) is 16.3 Å². The maximum Gasteiger partial charge on any atom is 0.235 e. The van der Waals surface area contributed by atoms with E-state index in [2.05, 4.69) is 10.0 Å². The molecule has 138 valence electrons. The summed E-state index contributed by atoms with van der Waals surface area (Å²) in [5.74, 6) is -0.0406. The minimum absolute atomic E-state index is 0.0406. The van der Waals surface area contributed by atoms with E-state index in [4.69, 9.17) is 11.6 Å². The number of hydrogen-bond acceptors (Lipinski definition) is 3. The molecule has 1 aliphatic rings. The summed E-state index contributed by atoms with van der Waals surface area (Å²) in [5, 5.41) is 3.63. The van der Waals surface area contributed by atoms with E-state index in [0.717, 1.165) is 37.5 Å². The molecule has 0 saturated heterocycles. The maximum absolute atomic E-state index is 13.1. The van der Waals surface area contributed by atoms with Gasteiger partial charge >= 0.3 is 0 Å². The first-order chi connectivity index (χ1) is 12.3. The van der Waals surface area contributed by atoms with E-state index in [-0.39, 0.29) is 5.91 Å². The molecule has 3 rings (SSSR count). The lowest BCUT2D eigenvalue weighted by atomic mass is 9.78. The third kappa shape index (κ3) is 4.19. The standard InChI is InChI=1S/C19H21ClN2O3S/c1-26(24,25)22-17-10-8-16(9-11-17)21-18(23)19(12-2-3-13-19)14-4-6-15(20)7-5-14/h4-11,22H,2-3,12-13H2,1H3,(H,21,23). The molecule has 0 heterocycles. The third-order valence-corrected chi connectivity index (χ3v) is 5.59. The number of carbonyl (C=O) groups excluding carboxylic acids is 1. The van der Waals surface area contributed by atoms with Crippen LogP contribution in [0.2, 0.25) is 5.02 Å². The minimum atomic E-state index is -3.32. The van der Waals surface area contributed by atoms with Gasteiger partial charge in [0.2, 0.25) is 15.9 Å². The van der Waals surface area contributed by atoms with Gasteiger partial charge in [-0.05, 0) is 54.8 Å². The van der Waals surface area contributed by atoms with Crippen LogP contribution in [0.1, 0.15) is 31.2 Å². The van der Waals surface area contributed by atoms with Gasteiger partial charge in [0.1, 0.15) is 0 Å². The zero-order valence-electron chi connectivity index (χ0n) is 14.5. The number of nitrogens with one attached hydrogen (secondary N) is 2. The number of amides is 1. The fourth-order valence-corrected chi connectivity index (χ4v) is 4.17. The van der Waals surface area contributed by atoms with Gasteiger partial charge in [-0.1, -0.05) is 36.6 Å². The van der Waals surface area contributed by atoms with Crippen LogP contribution in [-0.4, -0.2) is 20.6 Å². The van der Waals surface area contributed by atoms with Gasteiger partial charge in [-0.25, -0.2) is 8.42 Å². The molecule has 1 aliphatic carbocycles. The zero-order valence-corrected chi connectivity index (χ0v) is 16.0. The second kappa shape index (κ2) is 7.29. The second-order valence-corrected chi connectivity index (χ2v) is 8.89. The molecule has 26 heavy (non-hydrogen) atoms. The van der Waals surface area contributed by atoms with Gasteiger partial charge < -0.3 is 5.32 Å². The van der Waals surface area contributed by atoms with Gasteiger partial charge in [0.05, 0.1) is 11.7 Å². The lowest BCUT2D eigenvalue weighted by molar-refractivity contribution is -0.121. The monoisotopic (exact) mass is 392 g/mol. The highest BCUT2D eigenvalue weighted by Crippen LogP contribution is 2.42. The van der Waals surface area contributed by atoms with E-state index in [1.54, 1.807) is 24.3 Å². The molecule has 0 radical (unpaired) electrons. The maximum atomic E-state index is 13.1. The topological polar surface area (TPSA) is 75.3 Å². The highest BCUT2D eigenvalue weighted by atomic mass is 35.5. The van der Waals surface area contributed by atoms with Gasteiger partial charge in [0.15, 0.2) is 0 Å². The Kier molecular flexibility index (Phi) is 5.25. The molecule has 0 aromatic heterocycles. The molecule has 0 spiro atoms. The first-order valence-electron chi connectivity index (χ1n) is 8.44. The predicted octanol–water partition coefficient (Wildman–Crippen LogP) is 4.16. The SMILES string of the molecule is CS(=O)(=O)Nc1ccc(NC(=O)C2(c3ccc(Cl)cc3)CCCC2)cc1. The summed E-state index contributed by atoms with van der Waals surface area (Å²) in [6.07, 6.45) is 4.71. The molecule has 2 N–H and O–H groups in total. The summed E-state index contributed by atoms with van der Waals surface area (Å²) in [5.41, 5.74) is 1.52. The van der Waals surface area contributed by atoms with Gasteiger partial charge in [0.25, 0.3) is 0 Å². The zero-order chi connectivity index (χ0) is 18.8. The fourth-order valence-electron chi connectivity index (χ4n) is 3.48. The van der Waals surface area contributed by atoms with Crippen molar-refractivity contribution in [2.24, 2.45) is 0 Å². The minimum Gasteiger partial charge on any atom is -0.325 e. The molecule has 2 aromatic rings. The van der Waals surface area contributed by atoms with Crippen molar-refractivity contribution in [3.63, 3.8) is 0 Å². The molecule has 1 amide bonds. The molecule has 0 bridgehead atoms. The molecule has 7 heteroatoms. The van der Waals surface area contributed by atoms with Crippen LogP contribution in [0.5, 0.6) is 0 Å². The van der Waals surface area contributed by atoms with Crippen LogP contribution >= 0.6 is 11.6 Å². The van der Waals surface area contributed by atoms with Crippen LogP contribution in [-0.2, 0) is 20.2 Å². The van der Waals surface area contributed by atoms with Crippen molar-refractivity contribution >= 4 is 38.9 Å². The van der Waals surface area contributed by atoms with Gasteiger partial charge in [-0.2, -0.15) is 0 Å². The lowest BCUT2D eigenvalue weighted by Gasteiger charge is -2.28. The number of benzene rings is 2. The lowest BCUT2D eigenvalue weighted by Crippen LogP contribution is -2.37. The van der Waals surface area contributed by atoms with Crippen LogP contribution in [0.4, 0.5) is 11.4 Å². The first kappa shape index (κ1) is 18.7. The van der Waals surface area contributed by atoms with Crippen LogP contribution in [0, 0.1) is 0 Å². The van der Waals surface area contributed by atoms with E-state index < -0.39 is 15.4 Å². The average molecular weight is 393 g/mol. The smallest absolute Gasteiger partial charge is 0.235 e. The highest BCUT2D eigenvalue weighted by Gasteiger charge is 2.42. The number of halogens is 1. The Balaban J connectivity index is 1.79. The first-order valence-corrected chi connectivity index (χ1v) is 10.7. The molecule has 0 unspecified atom stereocenters. The van der Waals surface area contributed by atoms with E-state index in [0.29, 0.717) is 16.4 Å². The molecule has 0 aliphatic heterocycles. The second-order valence-electron chi connectivity index (χ2n) is 6.70. The van der Waals surface area contributed by atoms with Crippen molar-refractivity contribution in [1.29, 1.82) is 0 Å². The summed E-state index contributed by atoms with van der Waals surface area (Å²) in [4.78, 5) is 13.1. The number of carbonyl (C=O) groups is 1. The van der Waals surface area contributed by atoms with Crippen molar-refractivity contribution in [3.05, 3.63) is 59.1 Å². The van der Waals surface area contributed by atoms with E-state index in [1.165, 1.54) is 0 Å². The normalized spacial score (nSPS) is 16.2. The third-order valence-electron chi connectivity index (χ3n) is 4.73. The molecule has 0 atom stereocenters. The molecule has 5 nitrogen and oxygen atoms in total. The van der Waals surface area contributed by atoms with Crippen molar-refractivity contribution in [2.45, 2.75) is 31.1 Å². The van der Waals surface area contributed by atoms with E-state index >= 15 is 0 Å².